The number of esters is 1. The first-order valence-corrected chi connectivity index (χ1v) is 26.1. The molecular formula is C54H92NO7P. The fourth-order valence-electron chi connectivity index (χ4n) is 6.09. The van der Waals surface area contributed by atoms with Gasteiger partial charge in [0.2, 0.25) is 0 Å². The Kier molecular flexibility index (Phi) is 43.7. The Morgan fingerprint density at radius 2 is 0.873 bits per heavy atom. The molecule has 9 heteroatoms. The first kappa shape index (κ1) is 60.2. The molecule has 0 aliphatic carbocycles. The van der Waals surface area contributed by atoms with E-state index < -0.39 is 13.9 Å². The number of allylic oxidation sites excluding steroid dienone is 18. The zero-order valence-electron chi connectivity index (χ0n) is 40.7. The van der Waals surface area contributed by atoms with Crippen molar-refractivity contribution in [1.82, 2.24) is 0 Å². The van der Waals surface area contributed by atoms with Crippen molar-refractivity contribution < 1.29 is 37.3 Å². The molecule has 2 unspecified atom stereocenters. The lowest BCUT2D eigenvalue weighted by atomic mass is 10.1. The Bertz CT molecular complexity index is 1370. The van der Waals surface area contributed by atoms with E-state index in [-0.39, 0.29) is 32.2 Å². The van der Waals surface area contributed by atoms with Crippen molar-refractivity contribution in [2.24, 2.45) is 0 Å². The minimum Gasteiger partial charge on any atom is -0.756 e. The van der Waals surface area contributed by atoms with Gasteiger partial charge in [-0.3, -0.25) is 9.36 Å². The predicted molar refractivity (Wildman–Crippen MR) is 268 cm³/mol. The van der Waals surface area contributed by atoms with Gasteiger partial charge in [0.05, 0.1) is 34.4 Å². The van der Waals surface area contributed by atoms with Gasteiger partial charge < -0.3 is 27.9 Å². The molecule has 0 aromatic rings. The monoisotopic (exact) mass is 898 g/mol. The normalized spacial score (nSPS) is 14.6. The summed E-state index contributed by atoms with van der Waals surface area (Å²) in [6.45, 7) is 5.10. The number of phosphoric ester groups is 1. The number of hydrogen-bond donors (Lipinski definition) is 0. The number of hydrogen-bond acceptors (Lipinski definition) is 7. The highest BCUT2D eigenvalue weighted by atomic mass is 31.2. The lowest BCUT2D eigenvalue weighted by Crippen LogP contribution is -2.37. The van der Waals surface area contributed by atoms with Crippen molar-refractivity contribution >= 4 is 13.8 Å². The molecule has 0 amide bonds. The molecule has 0 N–H and O–H groups in total. The number of nitrogens with zero attached hydrogens (tertiary/aromatic N) is 1. The van der Waals surface area contributed by atoms with Crippen LogP contribution < -0.4 is 4.89 Å². The van der Waals surface area contributed by atoms with Gasteiger partial charge in [-0.2, -0.15) is 0 Å². The van der Waals surface area contributed by atoms with Crippen molar-refractivity contribution in [1.29, 1.82) is 0 Å². The zero-order chi connectivity index (χ0) is 46.2. The smallest absolute Gasteiger partial charge is 0.306 e. The zero-order valence-corrected chi connectivity index (χ0v) is 41.6. The van der Waals surface area contributed by atoms with E-state index in [1.54, 1.807) is 0 Å². The Balaban J connectivity index is 4.26. The van der Waals surface area contributed by atoms with Crippen LogP contribution in [0.3, 0.4) is 0 Å². The molecule has 0 rings (SSSR count). The average molecular weight is 898 g/mol. The number of likely N-dealkylation sites (N-methyl/N-ethyl adjacent to an activating group) is 1. The first-order valence-electron chi connectivity index (χ1n) is 24.6. The lowest BCUT2D eigenvalue weighted by molar-refractivity contribution is -0.870. The van der Waals surface area contributed by atoms with Crippen molar-refractivity contribution in [2.45, 2.75) is 174 Å². The van der Waals surface area contributed by atoms with Crippen LogP contribution in [-0.2, 0) is 27.9 Å². The number of phosphoric acid groups is 1. The fraction of sp³-hybridized carbons (Fsp3) is 0.648. The van der Waals surface area contributed by atoms with Crippen LogP contribution in [0, 0.1) is 0 Å². The fourth-order valence-corrected chi connectivity index (χ4v) is 6.82. The summed E-state index contributed by atoms with van der Waals surface area (Å²) in [4.78, 5) is 25.2. The van der Waals surface area contributed by atoms with Gasteiger partial charge in [0.25, 0.3) is 7.82 Å². The highest BCUT2D eigenvalue weighted by Crippen LogP contribution is 2.38. The summed E-state index contributed by atoms with van der Waals surface area (Å²) in [6.07, 6.45) is 63.9. The number of unbranched alkanes of at least 4 members (excludes halogenated alkanes) is 12. The van der Waals surface area contributed by atoms with Gasteiger partial charge in [-0.05, 0) is 96.3 Å². The molecule has 63 heavy (non-hydrogen) atoms. The molecule has 0 aliphatic rings. The van der Waals surface area contributed by atoms with E-state index >= 15 is 0 Å². The van der Waals surface area contributed by atoms with E-state index in [2.05, 4.69) is 123 Å². The molecule has 0 saturated heterocycles. The molecule has 0 fully saturated rings. The third-order valence-electron chi connectivity index (χ3n) is 9.82. The maximum atomic E-state index is 12.7. The van der Waals surface area contributed by atoms with Gasteiger partial charge in [0, 0.05) is 13.0 Å². The maximum Gasteiger partial charge on any atom is 0.306 e. The van der Waals surface area contributed by atoms with Gasteiger partial charge in [0.15, 0.2) is 0 Å². The van der Waals surface area contributed by atoms with E-state index in [1.165, 1.54) is 32.1 Å². The van der Waals surface area contributed by atoms with Crippen LogP contribution in [0.2, 0.25) is 0 Å². The molecular weight excluding hydrogens is 806 g/mol. The highest BCUT2D eigenvalue weighted by molar-refractivity contribution is 7.45. The van der Waals surface area contributed by atoms with Crippen LogP contribution in [0.4, 0.5) is 0 Å². The standard InChI is InChI=1S/C54H92NO7P/c1-6-8-10-12-14-16-18-20-22-24-26-27-28-29-30-31-33-35-37-39-41-43-45-47-54(56)62-53(52-61-63(57,58)60-50-48-55(3,4)5)51-59-49-46-44-42-40-38-36-34-32-25-23-21-19-17-15-13-11-9-7-2/h8-11,14-17,20-23,26-27,29-30,32,34,53H,6-7,12-13,18-19,24-25,28,31,33,35-52H2,1-5H3/b10-8-,11-9-,16-14-,17-15-,22-20-,23-21-,27-26-,30-29-,34-32-. The van der Waals surface area contributed by atoms with Gasteiger partial charge in [-0.15, -0.1) is 0 Å². The maximum absolute atomic E-state index is 12.7. The van der Waals surface area contributed by atoms with Gasteiger partial charge in [-0.25, -0.2) is 0 Å². The SMILES string of the molecule is CC/C=C\C/C=C\C/C=C\C/C=C\C/C=C\CCCCCCCCCC(=O)OC(COCCCCCCC/C=C\C/C=C\C/C=C\C/C=C\CC)COP(=O)([O-])OCC[N+](C)(C)C. The topological polar surface area (TPSA) is 94.1 Å². The predicted octanol–water partition coefficient (Wildman–Crippen LogP) is 14.5. The molecule has 0 radical (unpaired) electrons. The Morgan fingerprint density at radius 3 is 1.30 bits per heavy atom. The van der Waals surface area contributed by atoms with Crippen molar-refractivity contribution in [2.75, 3.05) is 54.1 Å². The van der Waals surface area contributed by atoms with Crippen molar-refractivity contribution in [3.8, 4) is 0 Å². The quantitative estimate of drug-likeness (QED) is 0.0198. The minimum absolute atomic E-state index is 0.0129. The molecule has 0 aliphatic heterocycles. The van der Waals surface area contributed by atoms with Gasteiger partial charge >= 0.3 is 5.97 Å². The minimum atomic E-state index is -4.55. The second kappa shape index (κ2) is 45.7. The number of carbonyl (C=O) groups is 1. The Morgan fingerprint density at radius 1 is 0.492 bits per heavy atom. The average Bonchev–Trinajstić information content (AvgIpc) is 3.24. The van der Waals surface area contributed by atoms with E-state index in [0.717, 1.165) is 116 Å². The summed E-state index contributed by atoms with van der Waals surface area (Å²) in [6, 6.07) is 0. The molecule has 0 saturated carbocycles. The van der Waals surface area contributed by atoms with Gasteiger partial charge in [-0.1, -0.05) is 175 Å². The summed E-state index contributed by atoms with van der Waals surface area (Å²) in [5, 5.41) is 0. The summed E-state index contributed by atoms with van der Waals surface area (Å²) in [5.74, 6) is -0.357. The number of quaternary nitrogens is 1. The van der Waals surface area contributed by atoms with Crippen LogP contribution in [0.15, 0.2) is 109 Å². The van der Waals surface area contributed by atoms with E-state index in [4.69, 9.17) is 18.5 Å². The molecule has 2 atom stereocenters. The molecule has 0 aromatic heterocycles. The summed E-state index contributed by atoms with van der Waals surface area (Å²) in [5.41, 5.74) is 0. The molecule has 0 spiro atoms. The summed E-state index contributed by atoms with van der Waals surface area (Å²) >= 11 is 0. The third-order valence-corrected chi connectivity index (χ3v) is 10.8. The Labute approximate surface area is 387 Å². The van der Waals surface area contributed by atoms with Crippen molar-refractivity contribution in [3.63, 3.8) is 0 Å². The number of rotatable bonds is 44. The van der Waals surface area contributed by atoms with Crippen LogP contribution in [-0.4, -0.2) is 70.7 Å². The van der Waals surface area contributed by atoms with Crippen LogP contribution in [0.25, 0.3) is 0 Å². The Hall–Kier alpha value is -2.84. The largest absolute Gasteiger partial charge is 0.756 e. The summed E-state index contributed by atoms with van der Waals surface area (Å²) in [7, 11) is 1.31. The molecule has 0 aromatic carbocycles. The van der Waals surface area contributed by atoms with E-state index in [0.29, 0.717) is 17.6 Å². The molecule has 0 bridgehead atoms. The lowest BCUT2D eigenvalue weighted by Gasteiger charge is -2.28. The molecule has 360 valence electrons. The summed E-state index contributed by atoms with van der Waals surface area (Å²) < 4.78 is 34.7. The second-order valence-electron chi connectivity index (χ2n) is 17.1. The van der Waals surface area contributed by atoms with Gasteiger partial charge in [0.1, 0.15) is 19.3 Å². The second-order valence-corrected chi connectivity index (χ2v) is 18.5. The van der Waals surface area contributed by atoms with Crippen molar-refractivity contribution in [3.05, 3.63) is 109 Å². The van der Waals surface area contributed by atoms with E-state index in [1.807, 2.05) is 21.1 Å². The van der Waals surface area contributed by atoms with Crippen LogP contribution in [0.1, 0.15) is 168 Å². The molecule has 8 nitrogen and oxygen atoms in total. The number of carbonyl (C=O) groups excluding carboxylic acids is 1. The van der Waals surface area contributed by atoms with E-state index in [9.17, 15) is 14.3 Å². The van der Waals surface area contributed by atoms with Crippen LogP contribution >= 0.6 is 7.82 Å². The number of ether oxygens (including phenoxy) is 2. The third kappa shape index (κ3) is 50.0. The van der Waals surface area contributed by atoms with Crippen LogP contribution in [0.5, 0.6) is 0 Å². The molecule has 0 heterocycles. The first-order chi connectivity index (χ1) is 30.6. The highest BCUT2D eigenvalue weighted by Gasteiger charge is 2.20.